The Morgan fingerprint density at radius 2 is 2.12 bits per heavy atom. The zero-order chi connectivity index (χ0) is 6.57. The molecule has 0 rings (SSSR count). The zero-order valence-electron chi connectivity index (χ0n) is 4.85. The van der Waals surface area contributed by atoms with E-state index in [4.69, 9.17) is 5.73 Å². The number of hydrogen-bond donors (Lipinski definition) is 1. The summed E-state index contributed by atoms with van der Waals surface area (Å²) in [6, 6.07) is 0. The molecule has 0 heterocycles. The normalized spacial score (nSPS) is 9.62. The Morgan fingerprint density at radius 1 is 1.62 bits per heavy atom. The molecule has 0 unspecified atom stereocenters. The molecule has 0 aromatic heterocycles. The van der Waals surface area contributed by atoms with E-state index in [0.717, 1.165) is 0 Å². The fraction of sp³-hybridized carbons (Fsp3) is 0.167. The van der Waals surface area contributed by atoms with Crippen molar-refractivity contribution in [1.29, 1.82) is 0 Å². The van der Waals surface area contributed by atoms with Gasteiger partial charge in [-0.05, 0) is 0 Å². The molecule has 0 saturated carbocycles. The first-order valence-electron chi connectivity index (χ1n) is 2.26. The molecule has 0 atom stereocenters. The van der Waals surface area contributed by atoms with E-state index in [2.05, 4.69) is 13.5 Å². The second kappa shape index (κ2) is 3.79. The van der Waals surface area contributed by atoms with Gasteiger partial charge in [-0.3, -0.25) is 0 Å². The first-order chi connectivity index (χ1) is 3.63. The molecule has 2 N–H and O–H groups in total. The van der Waals surface area contributed by atoms with Gasteiger partial charge in [-0.1, -0.05) is 0 Å². The Bertz CT molecular complexity index is 119. The van der Waals surface area contributed by atoms with Crippen molar-refractivity contribution >= 4 is 3.90 Å². The first kappa shape index (κ1) is 7.84. The molecule has 0 spiro atoms. The van der Waals surface area contributed by atoms with Gasteiger partial charge in [0.05, 0.1) is 0 Å². The second-order valence-electron chi connectivity index (χ2n) is 1.52. The van der Waals surface area contributed by atoms with Gasteiger partial charge in [-0.25, -0.2) is 0 Å². The van der Waals surface area contributed by atoms with Gasteiger partial charge in [-0.2, -0.15) is 0 Å². The van der Waals surface area contributed by atoms with Crippen LogP contribution in [0.4, 0.5) is 0 Å². The van der Waals surface area contributed by atoms with Crippen LogP contribution in [0.15, 0.2) is 24.4 Å². The third-order valence-corrected chi connectivity index (χ3v) is 1.02. The van der Waals surface area contributed by atoms with Gasteiger partial charge >= 0.3 is 60.3 Å². The zero-order valence-corrected chi connectivity index (χ0v) is 7.78. The van der Waals surface area contributed by atoms with Crippen molar-refractivity contribution < 1.29 is 19.4 Å². The summed E-state index contributed by atoms with van der Waals surface area (Å²) in [4.78, 5) is 0. The predicted octanol–water partition coefficient (Wildman–Crippen LogP) is 0.754. The molecule has 0 fully saturated rings. The molecule has 0 saturated heterocycles. The van der Waals surface area contributed by atoms with Crippen LogP contribution in [0.25, 0.3) is 0 Å². The molecule has 0 aromatic carbocycles. The Morgan fingerprint density at radius 3 is 2.25 bits per heavy atom. The van der Waals surface area contributed by atoms with Crippen LogP contribution in [-0.4, -0.2) is 3.90 Å². The number of hydrogen-bond acceptors (Lipinski definition) is 1. The van der Waals surface area contributed by atoms with Crippen LogP contribution in [0.5, 0.6) is 0 Å². The average molecular weight is 279 g/mol. The van der Waals surface area contributed by atoms with Crippen LogP contribution >= 0.6 is 0 Å². The van der Waals surface area contributed by atoms with Gasteiger partial charge in [0.2, 0.25) is 0 Å². The molecule has 0 aromatic rings. The maximum atomic E-state index is 5.26. The topological polar surface area (TPSA) is 26.0 Å². The summed E-state index contributed by atoms with van der Waals surface area (Å²) >= 11 is 1.47. The molecule has 0 aliphatic rings. The molecule has 1 nitrogen and oxygen atoms in total. The molecular formula is C6H9NW. The molecule has 0 aliphatic heterocycles. The van der Waals surface area contributed by atoms with Gasteiger partial charge in [0.15, 0.2) is 0 Å². The number of allylic oxidation sites excluding steroid dienone is 2. The monoisotopic (exact) mass is 279 g/mol. The third kappa shape index (κ3) is 5.84. The van der Waals surface area contributed by atoms with Crippen LogP contribution in [0.3, 0.4) is 0 Å². The fourth-order valence-electron chi connectivity index (χ4n) is 0.224. The fourth-order valence-corrected chi connectivity index (χ4v) is 0.469. The van der Waals surface area contributed by atoms with Crippen LogP contribution in [0, 0.1) is 0 Å². The standard InChI is InChI=1S/C6H9N.W/c1-3-4-5-6(2)7;/h4-5H,2,7H2,1H3;/b5-4-;. The summed E-state index contributed by atoms with van der Waals surface area (Å²) in [5, 5.41) is 0. The molecule has 0 amide bonds. The Balaban J connectivity index is 3.67. The van der Waals surface area contributed by atoms with Crippen LogP contribution < -0.4 is 5.73 Å². The van der Waals surface area contributed by atoms with Gasteiger partial charge < -0.3 is 0 Å². The third-order valence-electron chi connectivity index (χ3n) is 0.532. The van der Waals surface area contributed by atoms with Crippen molar-refractivity contribution in [3.8, 4) is 0 Å². The van der Waals surface area contributed by atoms with Crippen molar-refractivity contribution in [2.24, 2.45) is 5.73 Å². The summed E-state index contributed by atoms with van der Waals surface area (Å²) in [7, 11) is 0. The summed E-state index contributed by atoms with van der Waals surface area (Å²) in [6.45, 7) is 5.56. The van der Waals surface area contributed by atoms with Crippen LogP contribution in [0.1, 0.15) is 6.92 Å². The van der Waals surface area contributed by atoms with Crippen molar-refractivity contribution in [2.45, 2.75) is 6.92 Å². The van der Waals surface area contributed by atoms with Crippen LogP contribution in [-0.2, 0) is 19.4 Å². The maximum absolute atomic E-state index is 5.26. The van der Waals surface area contributed by atoms with Gasteiger partial charge in [0.1, 0.15) is 0 Å². The quantitative estimate of drug-likeness (QED) is 0.742. The Labute approximate surface area is 60.7 Å². The van der Waals surface area contributed by atoms with Gasteiger partial charge in [0.25, 0.3) is 0 Å². The average Bonchev–Trinajstić information content (AvgIpc) is 1.61. The summed E-state index contributed by atoms with van der Waals surface area (Å²) in [6.07, 6.45) is 3.78. The van der Waals surface area contributed by atoms with E-state index in [1.54, 1.807) is 0 Å². The summed E-state index contributed by atoms with van der Waals surface area (Å²) < 4.78 is 1.32. The minimum atomic E-state index is 0.616. The van der Waals surface area contributed by atoms with Crippen molar-refractivity contribution in [2.75, 3.05) is 0 Å². The van der Waals surface area contributed by atoms with E-state index in [1.165, 1.54) is 23.3 Å². The van der Waals surface area contributed by atoms with Gasteiger partial charge in [0, 0.05) is 0 Å². The van der Waals surface area contributed by atoms with E-state index in [1.807, 2.05) is 12.2 Å². The SMILES string of the molecule is C=C(N)/C=C\[C](C)=[W]. The molecular weight excluding hydrogens is 270 g/mol. The summed E-state index contributed by atoms with van der Waals surface area (Å²) in [5.74, 6) is 0. The predicted molar refractivity (Wildman–Crippen MR) is 33.1 cm³/mol. The minimum absolute atomic E-state index is 0.616. The molecule has 0 aliphatic carbocycles. The van der Waals surface area contributed by atoms with Crippen molar-refractivity contribution in [3.63, 3.8) is 0 Å². The van der Waals surface area contributed by atoms with Crippen LogP contribution in [0.2, 0.25) is 0 Å². The van der Waals surface area contributed by atoms with Crippen molar-refractivity contribution in [1.82, 2.24) is 0 Å². The van der Waals surface area contributed by atoms with E-state index in [9.17, 15) is 0 Å². The second-order valence-corrected chi connectivity index (χ2v) is 3.83. The molecule has 8 heavy (non-hydrogen) atoms. The van der Waals surface area contributed by atoms with Crippen molar-refractivity contribution in [3.05, 3.63) is 24.4 Å². The Hall–Kier alpha value is -0.162. The van der Waals surface area contributed by atoms with E-state index in [-0.39, 0.29) is 0 Å². The molecule has 2 heteroatoms. The first-order valence-corrected chi connectivity index (χ1v) is 3.72. The summed E-state index contributed by atoms with van der Waals surface area (Å²) in [5.41, 5.74) is 5.87. The van der Waals surface area contributed by atoms with Gasteiger partial charge in [-0.15, -0.1) is 0 Å². The molecule has 0 bridgehead atoms. The number of nitrogens with two attached hydrogens (primary N) is 1. The molecule has 0 radical (unpaired) electrons. The number of rotatable bonds is 2. The van der Waals surface area contributed by atoms with E-state index >= 15 is 0 Å². The van der Waals surface area contributed by atoms with E-state index < -0.39 is 0 Å². The molecule has 44 valence electrons. The van der Waals surface area contributed by atoms with E-state index in [0.29, 0.717) is 5.70 Å². The Kier molecular flexibility index (Phi) is 3.72.